The summed E-state index contributed by atoms with van der Waals surface area (Å²) in [5.74, 6) is 0.176. The minimum atomic E-state index is 0.176. The van der Waals surface area contributed by atoms with Gasteiger partial charge in [-0.05, 0) is 52.0 Å². The van der Waals surface area contributed by atoms with Crippen LogP contribution in [0.1, 0.15) is 34.8 Å². The number of likely N-dealkylation sites (N-methyl/N-ethyl adjacent to an activating group) is 1. The predicted molar refractivity (Wildman–Crippen MR) is 93.1 cm³/mol. The summed E-state index contributed by atoms with van der Waals surface area (Å²) >= 11 is 5.14. The zero-order valence-electron chi connectivity index (χ0n) is 12.4. The third-order valence-corrected chi connectivity index (χ3v) is 4.86. The first-order chi connectivity index (χ1) is 10.1. The van der Waals surface area contributed by atoms with Crippen LogP contribution in [0.2, 0.25) is 0 Å². The average Bonchev–Trinajstić information content (AvgIpc) is 2.85. The molecule has 0 N–H and O–H groups in total. The number of carbonyl (C=O) groups excluding carboxylic acids is 1. The average molecular weight is 366 g/mol. The number of rotatable bonds is 7. The maximum atomic E-state index is 12.3. The van der Waals surface area contributed by atoms with Crippen molar-refractivity contribution >= 4 is 33.0 Å². The molecule has 2 rings (SSSR count). The molecule has 0 spiro atoms. The maximum Gasteiger partial charge on any atom is 0.176 e. The summed E-state index contributed by atoms with van der Waals surface area (Å²) in [4.78, 5) is 14.3. The van der Waals surface area contributed by atoms with E-state index in [4.69, 9.17) is 0 Å². The fourth-order valence-electron chi connectivity index (χ4n) is 2.28. The smallest absolute Gasteiger partial charge is 0.176 e. The van der Waals surface area contributed by atoms with Crippen LogP contribution in [0.5, 0.6) is 0 Å². The van der Waals surface area contributed by atoms with Crippen molar-refractivity contribution in [1.29, 1.82) is 0 Å². The summed E-state index contributed by atoms with van der Waals surface area (Å²) < 4.78 is 1.13. The second-order valence-electron chi connectivity index (χ2n) is 5.30. The van der Waals surface area contributed by atoms with Crippen molar-refractivity contribution < 1.29 is 4.79 Å². The molecule has 21 heavy (non-hydrogen) atoms. The van der Waals surface area contributed by atoms with E-state index in [0.717, 1.165) is 28.7 Å². The van der Waals surface area contributed by atoms with Gasteiger partial charge in [0, 0.05) is 12.1 Å². The molecule has 0 aliphatic heterocycles. The number of hydrogen-bond donors (Lipinski definition) is 0. The lowest BCUT2D eigenvalue weighted by atomic mass is 10.1. The van der Waals surface area contributed by atoms with Gasteiger partial charge in [-0.15, -0.1) is 11.3 Å². The van der Waals surface area contributed by atoms with Gasteiger partial charge in [0.25, 0.3) is 0 Å². The maximum absolute atomic E-state index is 12.3. The van der Waals surface area contributed by atoms with E-state index < -0.39 is 0 Å². The van der Waals surface area contributed by atoms with Gasteiger partial charge in [0.1, 0.15) is 0 Å². The predicted octanol–water partition coefficient (Wildman–Crippen LogP) is 4.78. The first kappa shape index (κ1) is 16.4. The first-order valence-electron chi connectivity index (χ1n) is 7.12. The highest BCUT2D eigenvalue weighted by atomic mass is 79.9. The molecular weight excluding hydrogens is 346 g/mol. The molecule has 0 fully saturated rings. The molecule has 0 atom stereocenters. The fourth-order valence-corrected chi connectivity index (χ4v) is 3.48. The fraction of sp³-hybridized carbons (Fsp3) is 0.353. The Hall–Kier alpha value is -0.970. The Morgan fingerprint density at radius 3 is 2.52 bits per heavy atom. The number of benzene rings is 1. The largest absolute Gasteiger partial charge is 0.295 e. The number of aryl methyl sites for hydroxylation is 1. The molecule has 0 radical (unpaired) electrons. The van der Waals surface area contributed by atoms with E-state index in [-0.39, 0.29) is 5.78 Å². The molecular formula is C17H20BrNOS. The first-order valence-corrected chi connectivity index (χ1v) is 8.79. The van der Waals surface area contributed by atoms with Gasteiger partial charge >= 0.3 is 0 Å². The van der Waals surface area contributed by atoms with Crippen molar-refractivity contribution in [2.45, 2.75) is 26.3 Å². The molecule has 112 valence electrons. The van der Waals surface area contributed by atoms with Gasteiger partial charge in [-0.3, -0.25) is 9.69 Å². The van der Waals surface area contributed by atoms with Gasteiger partial charge in [0.2, 0.25) is 0 Å². The van der Waals surface area contributed by atoms with Crippen LogP contribution in [0.3, 0.4) is 0 Å². The van der Waals surface area contributed by atoms with Crippen molar-refractivity contribution in [2.75, 3.05) is 13.6 Å². The number of Topliss-reactive ketones (excluding diaryl/α,β-unsaturated/α-hetero) is 1. The van der Waals surface area contributed by atoms with Gasteiger partial charge in [-0.25, -0.2) is 0 Å². The molecule has 0 bridgehead atoms. The van der Waals surface area contributed by atoms with E-state index in [1.165, 1.54) is 11.1 Å². The van der Waals surface area contributed by atoms with Crippen LogP contribution in [-0.2, 0) is 13.0 Å². The van der Waals surface area contributed by atoms with E-state index in [1.54, 1.807) is 11.3 Å². The molecule has 0 saturated carbocycles. The molecule has 2 nitrogen and oxygen atoms in total. The topological polar surface area (TPSA) is 20.3 Å². The van der Waals surface area contributed by atoms with Crippen LogP contribution in [-0.4, -0.2) is 24.3 Å². The number of ketones is 1. The number of carbonyl (C=O) groups is 1. The standard InChI is InChI=1S/C17H20BrNOS/c1-3-4-13-5-7-15(8-6-13)16(20)11-19(2)10-14-9-17(18)21-12-14/h5-9,12H,3-4,10-11H2,1-2H3. The van der Waals surface area contributed by atoms with E-state index in [0.29, 0.717) is 6.54 Å². The molecule has 1 aromatic carbocycles. The molecule has 0 amide bonds. The zero-order valence-corrected chi connectivity index (χ0v) is 14.8. The Bertz CT molecular complexity index is 591. The van der Waals surface area contributed by atoms with Crippen LogP contribution in [0.25, 0.3) is 0 Å². The highest BCUT2D eigenvalue weighted by Crippen LogP contribution is 2.21. The van der Waals surface area contributed by atoms with E-state index >= 15 is 0 Å². The van der Waals surface area contributed by atoms with Crippen LogP contribution in [0, 0.1) is 0 Å². The minimum absolute atomic E-state index is 0.176. The highest BCUT2D eigenvalue weighted by Gasteiger charge is 2.10. The normalized spacial score (nSPS) is 11.0. The Labute approximate surface area is 138 Å². The van der Waals surface area contributed by atoms with E-state index in [1.807, 2.05) is 19.2 Å². The SMILES string of the molecule is CCCc1ccc(C(=O)CN(C)Cc2csc(Br)c2)cc1. The Kier molecular flexibility index (Phi) is 6.15. The minimum Gasteiger partial charge on any atom is -0.295 e. The zero-order chi connectivity index (χ0) is 15.2. The van der Waals surface area contributed by atoms with Crippen molar-refractivity contribution in [1.82, 2.24) is 4.90 Å². The molecule has 1 heterocycles. The second kappa shape index (κ2) is 7.87. The van der Waals surface area contributed by atoms with Crippen LogP contribution < -0.4 is 0 Å². The van der Waals surface area contributed by atoms with Crippen molar-refractivity contribution in [2.24, 2.45) is 0 Å². The molecule has 0 saturated heterocycles. The third kappa shape index (κ3) is 5.06. The molecule has 0 unspecified atom stereocenters. The van der Waals surface area contributed by atoms with Gasteiger partial charge < -0.3 is 0 Å². The van der Waals surface area contributed by atoms with Crippen molar-refractivity contribution in [3.8, 4) is 0 Å². The molecule has 2 aromatic rings. The summed E-state index contributed by atoms with van der Waals surface area (Å²) in [6.45, 7) is 3.40. The van der Waals surface area contributed by atoms with Gasteiger partial charge in [0.15, 0.2) is 5.78 Å². The van der Waals surface area contributed by atoms with Crippen LogP contribution in [0.4, 0.5) is 0 Å². The summed E-state index contributed by atoms with van der Waals surface area (Å²) in [5.41, 5.74) is 3.33. The van der Waals surface area contributed by atoms with Gasteiger partial charge in [-0.2, -0.15) is 0 Å². The highest BCUT2D eigenvalue weighted by molar-refractivity contribution is 9.11. The Balaban J connectivity index is 1.90. The summed E-state index contributed by atoms with van der Waals surface area (Å²) in [6.07, 6.45) is 2.20. The monoisotopic (exact) mass is 365 g/mol. The number of halogens is 1. The van der Waals surface area contributed by atoms with Gasteiger partial charge in [-0.1, -0.05) is 37.6 Å². The van der Waals surface area contributed by atoms with E-state index in [2.05, 4.69) is 51.3 Å². The molecule has 0 aliphatic rings. The van der Waals surface area contributed by atoms with Gasteiger partial charge in [0.05, 0.1) is 10.3 Å². The number of thiophene rings is 1. The van der Waals surface area contributed by atoms with Crippen molar-refractivity contribution in [3.05, 3.63) is 56.2 Å². The molecule has 4 heteroatoms. The van der Waals surface area contributed by atoms with Crippen LogP contribution in [0.15, 0.2) is 39.5 Å². The molecule has 0 aliphatic carbocycles. The lowest BCUT2D eigenvalue weighted by Crippen LogP contribution is -2.25. The summed E-state index contributed by atoms with van der Waals surface area (Å²) in [5, 5.41) is 2.12. The Morgan fingerprint density at radius 1 is 1.24 bits per heavy atom. The molecule has 1 aromatic heterocycles. The van der Waals surface area contributed by atoms with Crippen molar-refractivity contribution in [3.63, 3.8) is 0 Å². The Morgan fingerprint density at radius 2 is 1.95 bits per heavy atom. The van der Waals surface area contributed by atoms with Crippen LogP contribution >= 0.6 is 27.3 Å². The van der Waals surface area contributed by atoms with E-state index in [9.17, 15) is 4.79 Å². The number of hydrogen-bond acceptors (Lipinski definition) is 3. The number of nitrogens with zero attached hydrogens (tertiary/aromatic N) is 1. The quantitative estimate of drug-likeness (QED) is 0.658. The second-order valence-corrected chi connectivity index (χ2v) is 7.59. The lowest BCUT2D eigenvalue weighted by Gasteiger charge is -2.15. The lowest BCUT2D eigenvalue weighted by molar-refractivity contribution is 0.0943. The summed E-state index contributed by atoms with van der Waals surface area (Å²) in [7, 11) is 1.98. The summed E-state index contributed by atoms with van der Waals surface area (Å²) in [6, 6.07) is 10.1. The third-order valence-electron chi connectivity index (χ3n) is 3.30.